The minimum atomic E-state index is 0. The summed E-state index contributed by atoms with van der Waals surface area (Å²) in [5.74, 6) is 0. The predicted molar refractivity (Wildman–Crippen MR) is 46.5 cm³/mol. The lowest BCUT2D eigenvalue weighted by molar-refractivity contribution is 2.13. The number of hydrogen-bond acceptors (Lipinski definition) is 1. The molecule has 0 heterocycles. The highest BCUT2D eigenvalue weighted by molar-refractivity contribution is 7.59. The van der Waals surface area contributed by atoms with E-state index in [9.17, 15) is 0 Å². The van der Waals surface area contributed by atoms with Crippen LogP contribution in [-0.2, 0) is 0 Å². The van der Waals surface area contributed by atoms with Crippen molar-refractivity contribution in [2.45, 2.75) is 0 Å². The Morgan fingerprint density at radius 1 is 0.400 bits per heavy atom. The lowest BCUT2D eigenvalue weighted by Crippen LogP contribution is -0.481. The Morgan fingerprint density at radius 2 is 0.400 bits per heavy atom. The van der Waals surface area contributed by atoms with Gasteiger partial charge in [0.1, 0.15) is 0 Å². The van der Waals surface area contributed by atoms with Crippen LogP contribution >= 0.6 is 54.0 Å². The molecule has 40 valence electrons. The van der Waals surface area contributed by atoms with Gasteiger partial charge in [-0.15, -0.1) is 0 Å². The van der Waals surface area contributed by atoms with Gasteiger partial charge in [0.15, 0.2) is 0 Å². The first-order valence-corrected chi connectivity index (χ1v) is 0. The molecule has 0 saturated carbocycles. The molecule has 0 amide bonds. The maximum atomic E-state index is 0. The molecule has 0 bridgehead atoms. The van der Waals surface area contributed by atoms with Gasteiger partial charge in [-0.1, -0.05) is 0 Å². The van der Waals surface area contributed by atoms with Gasteiger partial charge in [0.2, 0.25) is 0 Å². The van der Waals surface area contributed by atoms with Gasteiger partial charge >= 0.3 is 0 Å². The fraction of sp³-hybridized carbons (Fsp3) is 0. The average molecular weight is 153 g/mol. The van der Waals surface area contributed by atoms with E-state index in [0.29, 0.717) is 0 Å². The van der Waals surface area contributed by atoms with E-state index in [4.69, 9.17) is 0 Å². The third-order valence-corrected chi connectivity index (χ3v) is 0. The average Bonchev–Trinajstić information content (AvgIpc) is 0. The van der Waals surface area contributed by atoms with E-state index in [1.165, 1.54) is 0 Å². The van der Waals surface area contributed by atoms with Crippen LogP contribution in [0.5, 0.6) is 0 Å². The van der Waals surface area contributed by atoms with Gasteiger partial charge in [0.05, 0.1) is 0 Å². The van der Waals surface area contributed by atoms with E-state index >= 15 is 0 Å². The van der Waals surface area contributed by atoms with Gasteiger partial charge in [-0.3, -0.25) is 0 Å². The smallest absolute Gasteiger partial charge is 0.197 e. The minimum absolute atomic E-state index is 0. The fourth-order valence-electron chi connectivity index (χ4n) is 0. The minimum Gasteiger partial charge on any atom is -0.344 e. The Bertz CT molecular complexity index is 3.61. The molecule has 0 atom stereocenters. The van der Waals surface area contributed by atoms with E-state index in [1.54, 1.807) is 0 Å². The van der Waals surface area contributed by atoms with Gasteiger partial charge < -0.3 is 6.15 Å². The maximum Gasteiger partial charge on any atom is -0.197 e. The largest absolute Gasteiger partial charge is 0.344 e. The Hall–Kier alpha value is 1.36. The Labute approximate surface area is 60.3 Å². The van der Waals surface area contributed by atoms with Gasteiger partial charge in [-0.2, -0.15) is 54.0 Å². The van der Waals surface area contributed by atoms with Gasteiger partial charge in [0, 0.05) is 0 Å². The van der Waals surface area contributed by atoms with Gasteiger partial charge in [-0.25, -0.2) is 0 Å². The third kappa shape index (κ3) is 32.7. The summed E-state index contributed by atoms with van der Waals surface area (Å²) in [7, 11) is 0. The highest BCUT2D eigenvalue weighted by atomic mass is 32.1. The van der Waals surface area contributed by atoms with Crippen LogP contribution in [-0.4, -0.2) is 0 Å². The van der Waals surface area contributed by atoms with E-state index in [0.717, 1.165) is 0 Å². The summed E-state index contributed by atoms with van der Waals surface area (Å²) >= 11 is 0. The zero-order valence-electron chi connectivity index (χ0n) is 2.71. The van der Waals surface area contributed by atoms with Crippen LogP contribution in [0.15, 0.2) is 0 Å². The summed E-state index contributed by atoms with van der Waals surface area (Å²) in [6.07, 6.45) is 0. The van der Waals surface area contributed by atoms with Crippen molar-refractivity contribution in [1.82, 2.24) is 6.15 Å². The zero-order chi connectivity index (χ0) is 0. The Morgan fingerprint density at radius 3 is 0.400 bits per heavy atom. The summed E-state index contributed by atoms with van der Waals surface area (Å²) in [5, 5.41) is 0. The van der Waals surface area contributed by atoms with Crippen LogP contribution in [0, 0.1) is 0 Å². The molecule has 3 N–H and O–H groups in total. The van der Waals surface area contributed by atoms with E-state index in [1.807, 2.05) is 0 Å². The van der Waals surface area contributed by atoms with Crippen LogP contribution in [0.2, 0.25) is 0 Å². The highest BCUT2D eigenvalue weighted by Crippen LogP contribution is 0.651. The molecule has 0 spiro atoms. The monoisotopic (exact) mass is 153 g/mol. The lowest BCUT2D eigenvalue weighted by atomic mass is 14.0. The van der Waals surface area contributed by atoms with Crippen molar-refractivity contribution < 1.29 is 0 Å². The molecule has 1 nitrogen and oxygen atoms in total. The van der Waals surface area contributed by atoms with Crippen molar-refractivity contribution >= 4 is 54.0 Å². The Balaban J connectivity index is 0. The molecule has 0 fully saturated rings. The topological polar surface area (TPSA) is 35.0 Å². The molecular formula is H11NS4. The van der Waals surface area contributed by atoms with Crippen LogP contribution < -0.4 is 6.15 Å². The first-order chi connectivity index (χ1) is 0. The SMILES string of the molecule is N.S.S.S.S. The Kier molecular flexibility index (Phi) is 1090. The van der Waals surface area contributed by atoms with Crippen LogP contribution in [0.4, 0.5) is 0 Å². The summed E-state index contributed by atoms with van der Waals surface area (Å²) in [4.78, 5) is 0. The molecule has 0 aromatic heterocycles. The first-order valence-electron chi connectivity index (χ1n) is 0. The van der Waals surface area contributed by atoms with Gasteiger partial charge in [-0.05, 0) is 0 Å². The third-order valence-electron chi connectivity index (χ3n) is 0. The van der Waals surface area contributed by atoms with Crippen molar-refractivity contribution in [3.05, 3.63) is 0 Å². The molecule has 0 aromatic carbocycles. The second kappa shape index (κ2) is 55.1. The normalized spacial score (nSPS) is 0. The molecule has 0 radical (unpaired) electrons. The highest BCUT2D eigenvalue weighted by Gasteiger charge is -0.194. The maximum absolute atomic E-state index is 0. The quantitative estimate of drug-likeness (QED) is 0.544. The molecule has 0 aromatic rings. The molecule has 0 unspecified atom stereocenters. The van der Waals surface area contributed by atoms with E-state index in [2.05, 4.69) is 0 Å². The number of rotatable bonds is 0. The van der Waals surface area contributed by atoms with E-state index < -0.39 is 0 Å². The van der Waals surface area contributed by atoms with Crippen LogP contribution in [0.3, 0.4) is 0 Å². The summed E-state index contributed by atoms with van der Waals surface area (Å²) in [6, 6.07) is 0. The zero-order valence-corrected chi connectivity index (χ0v) is 6.71. The van der Waals surface area contributed by atoms with Gasteiger partial charge in [0.25, 0.3) is 0 Å². The summed E-state index contributed by atoms with van der Waals surface area (Å²) in [5.41, 5.74) is 0. The lowest BCUT2D eigenvalue weighted by Gasteiger charge is -0.344. The summed E-state index contributed by atoms with van der Waals surface area (Å²) < 4.78 is 0. The molecule has 0 aliphatic rings. The first kappa shape index (κ1) is 98.8. The molecule has 0 rings (SSSR count). The second-order valence-corrected chi connectivity index (χ2v) is 0. The van der Waals surface area contributed by atoms with Crippen LogP contribution in [0.25, 0.3) is 0 Å². The van der Waals surface area contributed by atoms with Crippen molar-refractivity contribution in [2.24, 2.45) is 0 Å². The van der Waals surface area contributed by atoms with Crippen molar-refractivity contribution in [3.8, 4) is 0 Å². The predicted octanol–water partition coefficient (Wildman–Crippen LogP) is 0.613. The molecule has 5 heavy (non-hydrogen) atoms. The number of hydrogen-bond donors (Lipinski definition) is 1. The van der Waals surface area contributed by atoms with Crippen LogP contribution in [0.1, 0.15) is 0 Å². The second-order valence-electron chi connectivity index (χ2n) is 0. The van der Waals surface area contributed by atoms with Crippen molar-refractivity contribution in [1.29, 1.82) is 0 Å². The van der Waals surface area contributed by atoms with Crippen molar-refractivity contribution in [3.63, 3.8) is 0 Å². The fourth-order valence-corrected chi connectivity index (χ4v) is 0. The molecule has 0 aliphatic carbocycles. The molecule has 0 aliphatic heterocycles. The van der Waals surface area contributed by atoms with E-state index in [-0.39, 0.29) is 60.1 Å². The molecule has 5 heteroatoms. The summed E-state index contributed by atoms with van der Waals surface area (Å²) in [6.45, 7) is 0. The molecular weight excluding hydrogens is 142 g/mol. The van der Waals surface area contributed by atoms with Crippen molar-refractivity contribution in [2.75, 3.05) is 0 Å². The standard InChI is InChI=1S/H3N.4H2S/h1H3;4*1H2. The molecule has 0 saturated heterocycles.